The number of benzene rings is 2. The van der Waals surface area contributed by atoms with E-state index in [2.05, 4.69) is 5.32 Å². The fourth-order valence-electron chi connectivity index (χ4n) is 2.14. The summed E-state index contributed by atoms with van der Waals surface area (Å²) in [6.07, 6.45) is 0. The van der Waals surface area contributed by atoms with E-state index in [0.717, 1.165) is 17.0 Å². The standard InChI is InChI=1S/C17H20FNO2/c1-4-21-17-8-6-5-7-15(17)19-12(2)13-9-10-16(20-3)14(18)11-13/h5-12,19H,4H2,1-3H3. The summed E-state index contributed by atoms with van der Waals surface area (Å²) in [5.41, 5.74) is 1.74. The van der Waals surface area contributed by atoms with E-state index < -0.39 is 0 Å². The Kier molecular flexibility index (Phi) is 5.04. The Labute approximate surface area is 124 Å². The zero-order valence-corrected chi connectivity index (χ0v) is 12.5. The quantitative estimate of drug-likeness (QED) is 0.854. The molecule has 3 nitrogen and oxygen atoms in total. The van der Waals surface area contributed by atoms with Crippen LogP contribution in [0.2, 0.25) is 0 Å². The van der Waals surface area contributed by atoms with Crippen molar-refractivity contribution in [1.82, 2.24) is 0 Å². The van der Waals surface area contributed by atoms with Crippen molar-refractivity contribution in [3.05, 3.63) is 53.8 Å². The second kappa shape index (κ2) is 6.97. The Bertz CT molecular complexity index is 601. The van der Waals surface area contributed by atoms with Crippen molar-refractivity contribution in [2.24, 2.45) is 0 Å². The van der Waals surface area contributed by atoms with Crippen LogP contribution in [0, 0.1) is 5.82 Å². The van der Waals surface area contributed by atoms with E-state index in [9.17, 15) is 4.39 Å². The van der Waals surface area contributed by atoms with Crippen molar-refractivity contribution in [3.63, 3.8) is 0 Å². The van der Waals surface area contributed by atoms with Crippen molar-refractivity contribution in [2.45, 2.75) is 19.9 Å². The van der Waals surface area contributed by atoms with Crippen LogP contribution in [0.25, 0.3) is 0 Å². The van der Waals surface area contributed by atoms with Crippen LogP contribution in [-0.4, -0.2) is 13.7 Å². The summed E-state index contributed by atoms with van der Waals surface area (Å²) in [7, 11) is 1.46. The Morgan fingerprint density at radius 3 is 2.57 bits per heavy atom. The van der Waals surface area contributed by atoms with Gasteiger partial charge in [0.15, 0.2) is 11.6 Å². The molecule has 21 heavy (non-hydrogen) atoms. The normalized spacial score (nSPS) is 11.8. The van der Waals surface area contributed by atoms with Gasteiger partial charge in [0.05, 0.1) is 19.4 Å². The van der Waals surface area contributed by atoms with Gasteiger partial charge in [0.2, 0.25) is 0 Å². The Balaban J connectivity index is 2.18. The number of hydrogen-bond acceptors (Lipinski definition) is 3. The predicted octanol–water partition coefficient (Wildman–Crippen LogP) is 4.41. The maximum atomic E-state index is 13.8. The highest BCUT2D eigenvalue weighted by atomic mass is 19.1. The molecule has 0 aliphatic carbocycles. The summed E-state index contributed by atoms with van der Waals surface area (Å²) < 4.78 is 24.3. The fourth-order valence-corrected chi connectivity index (χ4v) is 2.14. The number of halogens is 1. The summed E-state index contributed by atoms with van der Waals surface area (Å²) in [6.45, 7) is 4.52. The Morgan fingerprint density at radius 2 is 1.90 bits per heavy atom. The van der Waals surface area contributed by atoms with Gasteiger partial charge in [-0.3, -0.25) is 0 Å². The van der Waals surface area contributed by atoms with E-state index in [4.69, 9.17) is 9.47 Å². The number of ether oxygens (including phenoxy) is 2. The SMILES string of the molecule is CCOc1ccccc1NC(C)c1ccc(OC)c(F)c1. The van der Waals surface area contributed by atoms with Crippen molar-refractivity contribution < 1.29 is 13.9 Å². The van der Waals surface area contributed by atoms with Gasteiger partial charge in [0.25, 0.3) is 0 Å². The lowest BCUT2D eigenvalue weighted by atomic mass is 10.1. The second-order valence-corrected chi connectivity index (χ2v) is 4.69. The number of hydrogen-bond donors (Lipinski definition) is 1. The molecule has 112 valence electrons. The van der Waals surface area contributed by atoms with E-state index in [0.29, 0.717) is 6.61 Å². The van der Waals surface area contributed by atoms with Crippen molar-refractivity contribution >= 4 is 5.69 Å². The monoisotopic (exact) mass is 289 g/mol. The first-order chi connectivity index (χ1) is 10.2. The summed E-state index contributed by atoms with van der Waals surface area (Å²) in [6, 6.07) is 12.6. The molecule has 1 N–H and O–H groups in total. The molecule has 0 aliphatic heterocycles. The largest absolute Gasteiger partial charge is 0.494 e. The highest BCUT2D eigenvalue weighted by Gasteiger charge is 2.11. The Morgan fingerprint density at radius 1 is 1.14 bits per heavy atom. The van der Waals surface area contributed by atoms with Gasteiger partial charge in [0.1, 0.15) is 5.75 Å². The van der Waals surface area contributed by atoms with Gasteiger partial charge in [-0.2, -0.15) is 0 Å². The maximum absolute atomic E-state index is 13.8. The van der Waals surface area contributed by atoms with Gasteiger partial charge in [-0.15, -0.1) is 0 Å². The van der Waals surface area contributed by atoms with Gasteiger partial charge >= 0.3 is 0 Å². The van der Waals surface area contributed by atoms with Crippen molar-refractivity contribution in [1.29, 1.82) is 0 Å². The minimum atomic E-state index is -0.359. The lowest BCUT2D eigenvalue weighted by Gasteiger charge is -2.19. The van der Waals surface area contributed by atoms with Gasteiger partial charge in [-0.1, -0.05) is 18.2 Å². The molecule has 2 rings (SSSR count). The molecule has 2 aromatic carbocycles. The Hall–Kier alpha value is -2.23. The van der Waals surface area contributed by atoms with Gasteiger partial charge in [-0.05, 0) is 43.7 Å². The topological polar surface area (TPSA) is 30.5 Å². The molecule has 4 heteroatoms. The fraction of sp³-hybridized carbons (Fsp3) is 0.294. The van der Waals surface area contributed by atoms with Crippen LogP contribution in [0.4, 0.5) is 10.1 Å². The minimum absolute atomic E-state index is 0.0491. The molecule has 0 saturated heterocycles. The molecule has 1 unspecified atom stereocenters. The van der Waals surface area contributed by atoms with Gasteiger partial charge < -0.3 is 14.8 Å². The van der Waals surface area contributed by atoms with Gasteiger partial charge in [0, 0.05) is 6.04 Å². The lowest BCUT2D eigenvalue weighted by molar-refractivity contribution is 0.341. The van der Waals surface area contributed by atoms with Crippen molar-refractivity contribution in [3.8, 4) is 11.5 Å². The highest BCUT2D eigenvalue weighted by Crippen LogP contribution is 2.29. The molecule has 0 radical (unpaired) electrons. The molecule has 0 aromatic heterocycles. The molecule has 0 spiro atoms. The molecule has 2 aromatic rings. The summed E-state index contributed by atoms with van der Waals surface area (Å²) >= 11 is 0. The van der Waals surface area contributed by atoms with Crippen LogP contribution in [0.5, 0.6) is 11.5 Å². The molecule has 0 bridgehead atoms. The average Bonchev–Trinajstić information content (AvgIpc) is 2.49. The zero-order valence-electron chi connectivity index (χ0n) is 12.5. The molecule has 1 atom stereocenters. The first kappa shape index (κ1) is 15.2. The molecule has 0 heterocycles. The van der Waals surface area contributed by atoms with Crippen molar-refractivity contribution in [2.75, 3.05) is 19.0 Å². The molecule has 0 fully saturated rings. The van der Waals surface area contributed by atoms with Crippen LogP contribution >= 0.6 is 0 Å². The molecule has 0 saturated carbocycles. The zero-order chi connectivity index (χ0) is 15.2. The van der Waals surface area contributed by atoms with E-state index >= 15 is 0 Å². The summed E-state index contributed by atoms with van der Waals surface area (Å²) in [5.74, 6) is 0.684. The first-order valence-electron chi connectivity index (χ1n) is 6.97. The van der Waals surface area contributed by atoms with Crippen LogP contribution in [0.15, 0.2) is 42.5 Å². The van der Waals surface area contributed by atoms with Crippen LogP contribution in [0.1, 0.15) is 25.5 Å². The number of rotatable bonds is 6. The third-order valence-corrected chi connectivity index (χ3v) is 3.23. The number of para-hydroxylation sites is 2. The maximum Gasteiger partial charge on any atom is 0.165 e. The minimum Gasteiger partial charge on any atom is -0.494 e. The predicted molar refractivity (Wildman–Crippen MR) is 82.6 cm³/mol. The number of methoxy groups -OCH3 is 1. The van der Waals surface area contributed by atoms with Crippen LogP contribution < -0.4 is 14.8 Å². The second-order valence-electron chi connectivity index (χ2n) is 4.69. The third kappa shape index (κ3) is 3.66. The van der Waals surface area contributed by atoms with E-state index in [1.54, 1.807) is 6.07 Å². The molecule has 0 amide bonds. The summed E-state index contributed by atoms with van der Waals surface area (Å²) in [4.78, 5) is 0. The molecular formula is C17H20FNO2. The van der Waals surface area contributed by atoms with E-state index in [1.807, 2.05) is 44.2 Å². The number of anilines is 1. The van der Waals surface area contributed by atoms with Crippen LogP contribution in [0.3, 0.4) is 0 Å². The number of nitrogens with one attached hydrogen (secondary N) is 1. The first-order valence-corrected chi connectivity index (χ1v) is 6.97. The molecule has 0 aliphatic rings. The summed E-state index contributed by atoms with van der Waals surface area (Å²) in [5, 5.41) is 3.34. The van der Waals surface area contributed by atoms with Gasteiger partial charge in [-0.25, -0.2) is 4.39 Å². The lowest BCUT2D eigenvalue weighted by Crippen LogP contribution is -2.08. The highest BCUT2D eigenvalue weighted by molar-refractivity contribution is 5.57. The average molecular weight is 289 g/mol. The van der Waals surface area contributed by atoms with E-state index in [1.165, 1.54) is 13.2 Å². The van der Waals surface area contributed by atoms with Crippen LogP contribution in [-0.2, 0) is 0 Å². The smallest absolute Gasteiger partial charge is 0.165 e. The third-order valence-electron chi connectivity index (χ3n) is 3.23. The molecular weight excluding hydrogens is 269 g/mol. The van der Waals surface area contributed by atoms with E-state index in [-0.39, 0.29) is 17.6 Å².